The minimum atomic E-state index is -4.66. The molecule has 158 valence electrons. The molecule has 30 heavy (non-hydrogen) atoms. The first-order valence-corrected chi connectivity index (χ1v) is 9.22. The molecule has 1 unspecified atom stereocenters. The van der Waals surface area contributed by atoms with Gasteiger partial charge in [0, 0.05) is 12.5 Å². The SMILES string of the molecule is CC1CC2=C(CN1C(=O)c1cccc(C(F)(F)F)c1Cl)NNN2c1ncc(F)cn1. The lowest BCUT2D eigenvalue weighted by Crippen LogP contribution is -2.44. The van der Waals surface area contributed by atoms with Crippen molar-refractivity contribution < 1.29 is 22.4 Å². The number of nitrogens with one attached hydrogen (secondary N) is 2. The third kappa shape index (κ3) is 3.54. The summed E-state index contributed by atoms with van der Waals surface area (Å²) < 4.78 is 52.5. The number of hydrazine groups is 2. The number of hydrogen-bond acceptors (Lipinski definition) is 6. The van der Waals surface area contributed by atoms with E-state index in [1.54, 1.807) is 6.92 Å². The summed E-state index contributed by atoms with van der Waals surface area (Å²) in [7, 11) is 0. The fourth-order valence-corrected chi connectivity index (χ4v) is 3.71. The average Bonchev–Trinajstić information content (AvgIpc) is 3.09. The van der Waals surface area contributed by atoms with E-state index in [2.05, 4.69) is 20.9 Å². The number of hydrogen-bond donors (Lipinski definition) is 2. The molecule has 0 bridgehead atoms. The van der Waals surface area contributed by atoms with Gasteiger partial charge in [-0.2, -0.15) is 13.2 Å². The summed E-state index contributed by atoms with van der Waals surface area (Å²) in [6.45, 7) is 1.87. The van der Waals surface area contributed by atoms with E-state index in [0.29, 0.717) is 12.1 Å². The molecule has 3 heterocycles. The van der Waals surface area contributed by atoms with Crippen LogP contribution in [0.15, 0.2) is 42.0 Å². The van der Waals surface area contributed by atoms with E-state index in [1.165, 1.54) is 16.0 Å². The molecule has 1 aromatic carbocycles. The van der Waals surface area contributed by atoms with Crippen molar-refractivity contribution in [3.63, 3.8) is 0 Å². The number of carbonyl (C=O) groups excluding carboxylic acids is 1. The normalized spacial score (nSPS) is 19.1. The molecule has 0 aliphatic carbocycles. The van der Waals surface area contributed by atoms with Gasteiger partial charge in [0.25, 0.3) is 5.91 Å². The topological polar surface area (TPSA) is 73.4 Å². The number of benzene rings is 1. The molecule has 0 fully saturated rings. The molecule has 0 spiro atoms. The summed E-state index contributed by atoms with van der Waals surface area (Å²) in [6.07, 6.45) is -2.25. The van der Waals surface area contributed by atoms with Crippen LogP contribution >= 0.6 is 11.6 Å². The highest BCUT2D eigenvalue weighted by Crippen LogP contribution is 2.37. The number of anilines is 1. The lowest BCUT2D eigenvalue weighted by atomic mass is 10.0. The van der Waals surface area contributed by atoms with Gasteiger partial charge in [0.15, 0.2) is 5.82 Å². The molecule has 1 amide bonds. The van der Waals surface area contributed by atoms with Gasteiger partial charge in [-0.3, -0.25) is 4.79 Å². The second-order valence-electron chi connectivity index (χ2n) is 6.85. The van der Waals surface area contributed by atoms with Crippen LogP contribution in [0.2, 0.25) is 5.02 Å². The van der Waals surface area contributed by atoms with Gasteiger partial charge in [-0.25, -0.2) is 19.4 Å². The van der Waals surface area contributed by atoms with Gasteiger partial charge in [-0.1, -0.05) is 17.7 Å². The van der Waals surface area contributed by atoms with Crippen molar-refractivity contribution in [3.05, 3.63) is 64.0 Å². The van der Waals surface area contributed by atoms with Crippen LogP contribution in [0.5, 0.6) is 0 Å². The number of rotatable bonds is 2. The summed E-state index contributed by atoms with van der Waals surface area (Å²) in [4.78, 5) is 22.3. The van der Waals surface area contributed by atoms with Gasteiger partial charge >= 0.3 is 6.18 Å². The number of halogens is 5. The fourth-order valence-electron chi connectivity index (χ4n) is 3.39. The van der Waals surface area contributed by atoms with Crippen molar-refractivity contribution in [2.75, 3.05) is 11.6 Å². The van der Waals surface area contributed by atoms with E-state index in [-0.39, 0.29) is 24.1 Å². The van der Waals surface area contributed by atoms with E-state index in [0.717, 1.165) is 30.2 Å². The minimum Gasteiger partial charge on any atom is -0.330 e. The summed E-state index contributed by atoms with van der Waals surface area (Å²) in [5, 5.41) is 0.908. The first kappa shape index (κ1) is 20.4. The van der Waals surface area contributed by atoms with E-state index in [1.807, 2.05) is 0 Å². The zero-order valence-corrected chi connectivity index (χ0v) is 16.2. The molecule has 7 nitrogen and oxygen atoms in total. The predicted molar refractivity (Wildman–Crippen MR) is 99.3 cm³/mol. The zero-order valence-electron chi connectivity index (χ0n) is 15.5. The number of alkyl halides is 3. The Hall–Kier alpha value is -2.92. The maximum Gasteiger partial charge on any atom is 0.417 e. The minimum absolute atomic E-state index is 0.104. The fraction of sp³-hybridized carbons (Fsp3) is 0.278. The molecule has 2 aliphatic heterocycles. The number of nitrogens with zero attached hydrogens (tertiary/aromatic N) is 4. The van der Waals surface area contributed by atoms with Gasteiger partial charge in [0.2, 0.25) is 5.95 Å². The second kappa shape index (κ2) is 7.40. The van der Waals surface area contributed by atoms with Crippen LogP contribution in [0.4, 0.5) is 23.5 Å². The quantitative estimate of drug-likeness (QED) is 0.696. The molecule has 2 aliphatic rings. The van der Waals surface area contributed by atoms with Gasteiger partial charge in [-0.05, 0) is 19.1 Å². The lowest BCUT2D eigenvalue weighted by Gasteiger charge is -2.35. The first-order valence-electron chi connectivity index (χ1n) is 8.85. The predicted octanol–water partition coefficient (Wildman–Crippen LogP) is 3.26. The van der Waals surface area contributed by atoms with Crippen molar-refractivity contribution in [2.45, 2.75) is 25.6 Å². The summed E-state index contributed by atoms with van der Waals surface area (Å²) in [5.41, 5.74) is 5.84. The maximum absolute atomic E-state index is 13.1. The summed E-state index contributed by atoms with van der Waals surface area (Å²) >= 11 is 5.92. The lowest BCUT2D eigenvalue weighted by molar-refractivity contribution is -0.137. The van der Waals surface area contributed by atoms with Crippen LogP contribution in [0.1, 0.15) is 29.3 Å². The van der Waals surface area contributed by atoms with Crippen LogP contribution in [-0.4, -0.2) is 33.4 Å². The summed E-state index contributed by atoms with van der Waals surface area (Å²) in [6, 6.07) is 2.91. The highest BCUT2D eigenvalue weighted by molar-refractivity contribution is 6.34. The first-order chi connectivity index (χ1) is 14.2. The Morgan fingerprint density at radius 1 is 1.27 bits per heavy atom. The highest BCUT2D eigenvalue weighted by Gasteiger charge is 2.39. The van der Waals surface area contributed by atoms with Crippen LogP contribution in [0, 0.1) is 5.82 Å². The van der Waals surface area contributed by atoms with Crippen LogP contribution in [-0.2, 0) is 6.18 Å². The van der Waals surface area contributed by atoms with Gasteiger partial charge < -0.3 is 10.3 Å². The maximum atomic E-state index is 13.1. The van der Waals surface area contributed by atoms with Gasteiger partial charge in [-0.15, -0.1) is 5.53 Å². The summed E-state index contributed by atoms with van der Waals surface area (Å²) in [5.74, 6) is -0.975. The molecule has 2 N–H and O–H groups in total. The number of carbonyl (C=O) groups is 1. The van der Waals surface area contributed by atoms with E-state index in [9.17, 15) is 22.4 Å². The second-order valence-corrected chi connectivity index (χ2v) is 7.23. The molecule has 12 heteroatoms. The molecular formula is C18H15ClF4N6O. The molecule has 0 saturated heterocycles. The van der Waals surface area contributed by atoms with E-state index >= 15 is 0 Å². The molecule has 4 rings (SSSR count). The van der Waals surface area contributed by atoms with Crippen molar-refractivity contribution in [3.8, 4) is 0 Å². The number of amides is 1. The third-order valence-corrected chi connectivity index (χ3v) is 5.30. The van der Waals surface area contributed by atoms with Crippen molar-refractivity contribution in [2.24, 2.45) is 0 Å². The molecule has 1 aromatic heterocycles. The Bertz CT molecular complexity index is 1030. The Morgan fingerprint density at radius 3 is 2.63 bits per heavy atom. The Morgan fingerprint density at radius 2 is 1.97 bits per heavy atom. The van der Waals surface area contributed by atoms with Crippen LogP contribution in [0.25, 0.3) is 0 Å². The van der Waals surface area contributed by atoms with Crippen LogP contribution < -0.4 is 16.0 Å². The Kier molecular flexibility index (Phi) is 5.02. The Labute approximate surface area is 173 Å². The molecule has 1 atom stereocenters. The number of aromatic nitrogens is 2. The van der Waals surface area contributed by atoms with Crippen molar-refractivity contribution in [1.82, 2.24) is 25.8 Å². The standard InChI is InChI=1S/C18H15ClF4N6O/c1-9-5-14-13(26-27-29(14)17-24-6-10(20)7-25-17)8-28(9)16(30)11-3-2-4-12(15(11)19)18(21,22)23/h2-4,6-7,9,26-27H,5,8H2,1H3. The van der Waals surface area contributed by atoms with E-state index < -0.39 is 28.5 Å². The van der Waals surface area contributed by atoms with Crippen molar-refractivity contribution in [1.29, 1.82) is 0 Å². The smallest absolute Gasteiger partial charge is 0.330 e. The Balaban J connectivity index is 1.61. The highest BCUT2D eigenvalue weighted by atomic mass is 35.5. The third-order valence-electron chi connectivity index (χ3n) is 4.89. The largest absolute Gasteiger partial charge is 0.417 e. The average molecular weight is 443 g/mol. The van der Waals surface area contributed by atoms with Gasteiger partial charge in [0.1, 0.15) is 0 Å². The molecule has 0 saturated carbocycles. The van der Waals surface area contributed by atoms with Crippen LogP contribution in [0.3, 0.4) is 0 Å². The zero-order chi connectivity index (χ0) is 21.6. The van der Waals surface area contributed by atoms with Crippen molar-refractivity contribution >= 4 is 23.5 Å². The monoisotopic (exact) mass is 442 g/mol. The molecular weight excluding hydrogens is 428 g/mol. The molecule has 0 radical (unpaired) electrons. The van der Waals surface area contributed by atoms with E-state index in [4.69, 9.17) is 11.6 Å². The molecule has 2 aromatic rings. The van der Waals surface area contributed by atoms with Gasteiger partial charge in [0.05, 0.1) is 46.5 Å².